The molecule has 0 heterocycles. The highest BCUT2D eigenvalue weighted by Gasteiger charge is 2.50. The fourth-order valence-electron chi connectivity index (χ4n) is 3.98. The van der Waals surface area contributed by atoms with E-state index < -0.39 is 0 Å². The normalized spacial score (nSPS) is 21.2. The van der Waals surface area contributed by atoms with E-state index in [1.54, 1.807) is 6.92 Å². The second-order valence-corrected chi connectivity index (χ2v) is 8.31. The number of carbonyl (C=O) groups is 2. The second-order valence-electron chi connectivity index (χ2n) is 7.90. The number of rotatable bonds is 4. The molecule has 0 saturated heterocycles. The van der Waals surface area contributed by atoms with E-state index >= 15 is 0 Å². The topological polar surface area (TPSA) is 58.2 Å². The summed E-state index contributed by atoms with van der Waals surface area (Å²) in [5.41, 5.74) is 4.21. The van der Waals surface area contributed by atoms with E-state index in [-0.39, 0.29) is 28.9 Å². The molecule has 2 N–H and O–H groups in total. The van der Waals surface area contributed by atoms with Crippen molar-refractivity contribution in [2.75, 3.05) is 5.32 Å². The predicted octanol–water partition coefficient (Wildman–Crippen LogP) is 4.07. The number of thiocarbonyl (C=S) groups is 1. The Labute approximate surface area is 155 Å². The Morgan fingerprint density at radius 3 is 2.24 bits per heavy atom. The van der Waals surface area contributed by atoms with Crippen LogP contribution < -0.4 is 10.6 Å². The van der Waals surface area contributed by atoms with Gasteiger partial charge < -0.3 is 10.6 Å². The molecule has 5 heteroatoms. The van der Waals surface area contributed by atoms with Gasteiger partial charge in [0.1, 0.15) is 5.78 Å². The molecule has 2 rings (SSSR count). The lowest BCUT2D eigenvalue weighted by molar-refractivity contribution is -0.140. The number of hydrogen-bond donors (Lipinski definition) is 2. The standard InChI is InChI=1S/C20H28N2O2S/c1-11-7-12(2)18(13(3)8-11)22-19(25)21-17(24)10-15-9-16(14(4)23)20(15,5)6/h7-8,15-16H,9-10H2,1-6H3,(H2,21,22,24,25)/t15-,16+/m0/s1. The molecule has 1 aromatic carbocycles. The van der Waals surface area contributed by atoms with E-state index in [1.807, 2.05) is 13.8 Å². The number of nitrogens with one attached hydrogen (secondary N) is 2. The minimum atomic E-state index is -0.123. The Morgan fingerprint density at radius 1 is 1.20 bits per heavy atom. The van der Waals surface area contributed by atoms with Crippen molar-refractivity contribution in [2.45, 2.75) is 54.4 Å². The summed E-state index contributed by atoms with van der Waals surface area (Å²) in [7, 11) is 0. The van der Waals surface area contributed by atoms with Gasteiger partial charge in [0.25, 0.3) is 0 Å². The summed E-state index contributed by atoms with van der Waals surface area (Å²) in [4.78, 5) is 23.9. The lowest BCUT2D eigenvalue weighted by atomic mass is 9.52. The maximum Gasteiger partial charge on any atom is 0.226 e. The zero-order chi connectivity index (χ0) is 18.9. The van der Waals surface area contributed by atoms with Gasteiger partial charge in [-0.15, -0.1) is 0 Å². The van der Waals surface area contributed by atoms with Crippen LogP contribution in [0.5, 0.6) is 0 Å². The van der Waals surface area contributed by atoms with Gasteiger partial charge in [0.05, 0.1) is 0 Å². The van der Waals surface area contributed by atoms with Crippen LogP contribution in [0.25, 0.3) is 0 Å². The van der Waals surface area contributed by atoms with Crippen molar-refractivity contribution in [3.8, 4) is 0 Å². The monoisotopic (exact) mass is 360 g/mol. The van der Waals surface area contributed by atoms with Gasteiger partial charge in [0.2, 0.25) is 5.91 Å². The number of Topliss-reactive ketones (excluding diaryl/α,β-unsaturated/α-hetero) is 1. The first-order valence-electron chi connectivity index (χ1n) is 8.71. The highest BCUT2D eigenvalue weighted by molar-refractivity contribution is 7.80. The molecule has 1 aliphatic rings. The van der Waals surface area contributed by atoms with Crippen LogP contribution in [0.15, 0.2) is 12.1 Å². The largest absolute Gasteiger partial charge is 0.332 e. The number of ketones is 1. The quantitative estimate of drug-likeness (QED) is 0.795. The summed E-state index contributed by atoms with van der Waals surface area (Å²) in [5.74, 6) is 0.393. The van der Waals surface area contributed by atoms with Gasteiger partial charge >= 0.3 is 0 Å². The minimum absolute atomic E-state index is 0.0632. The van der Waals surface area contributed by atoms with Crippen LogP contribution in [0.2, 0.25) is 0 Å². The van der Waals surface area contributed by atoms with Crippen molar-refractivity contribution >= 4 is 34.7 Å². The smallest absolute Gasteiger partial charge is 0.226 e. The molecule has 0 spiro atoms. The van der Waals surface area contributed by atoms with Gasteiger partial charge in [-0.25, -0.2) is 0 Å². The van der Waals surface area contributed by atoms with Gasteiger partial charge in [-0.2, -0.15) is 0 Å². The van der Waals surface area contributed by atoms with Gasteiger partial charge in [-0.1, -0.05) is 31.5 Å². The average molecular weight is 361 g/mol. The molecule has 1 amide bonds. The third-order valence-electron chi connectivity index (χ3n) is 5.56. The van der Waals surface area contributed by atoms with E-state index in [0.717, 1.165) is 23.2 Å². The van der Waals surface area contributed by atoms with E-state index in [2.05, 4.69) is 43.5 Å². The number of aryl methyl sites for hydroxylation is 3. The fraction of sp³-hybridized carbons (Fsp3) is 0.550. The van der Waals surface area contributed by atoms with Gasteiger partial charge in [0.15, 0.2) is 5.11 Å². The molecule has 0 bridgehead atoms. The third-order valence-corrected chi connectivity index (χ3v) is 5.77. The number of hydrogen-bond acceptors (Lipinski definition) is 3. The SMILES string of the molecule is CC(=O)[C@H]1C[C@@H](CC(=O)NC(=S)Nc2c(C)cc(C)cc2C)C1(C)C. The first-order chi connectivity index (χ1) is 11.5. The number of carbonyl (C=O) groups excluding carboxylic acids is 2. The predicted molar refractivity (Wildman–Crippen MR) is 106 cm³/mol. The molecule has 1 fully saturated rings. The lowest BCUT2D eigenvalue weighted by Gasteiger charge is -2.51. The highest BCUT2D eigenvalue weighted by atomic mass is 32.1. The number of amides is 1. The highest BCUT2D eigenvalue weighted by Crippen LogP contribution is 2.53. The maximum atomic E-state index is 12.3. The van der Waals surface area contributed by atoms with Crippen molar-refractivity contribution in [1.82, 2.24) is 5.32 Å². The van der Waals surface area contributed by atoms with Crippen molar-refractivity contribution in [3.63, 3.8) is 0 Å². The van der Waals surface area contributed by atoms with Crippen LogP contribution in [0.3, 0.4) is 0 Å². The van der Waals surface area contributed by atoms with E-state index in [0.29, 0.717) is 11.5 Å². The second kappa shape index (κ2) is 7.24. The molecule has 1 aliphatic carbocycles. The molecular formula is C20H28N2O2S. The summed E-state index contributed by atoms with van der Waals surface area (Å²) in [5, 5.41) is 6.23. The lowest BCUT2D eigenvalue weighted by Crippen LogP contribution is -2.50. The molecular weight excluding hydrogens is 332 g/mol. The first-order valence-corrected chi connectivity index (χ1v) is 9.12. The molecule has 0 unspecified atom stereocenters. The summed E-state index contributed by atoms with van der Waals surface area (Å²) in [6.45, 7) is 11.9. The van der Waals surface area contributed by atoms with Crippen LogP contribution in [-0.2, 0) is 9.59 Å². The molecule has 25 heavy (non-hydrogen) atoms. The Morgan fingerprint density at radius 2 is 1.76 bits per heavy atom. The Hall–Kier alpha value is -1.75. The van der Waals surface area contributed by atoms with Crippen molar-refractivity contribution in [1.29, 1.82) is 0 Å². The molecule has 0 radical (unpaired) electrons. The molecule has 2 atom stereocenters. The van der Waals surface area contributed by atoms with Crippen molar-refractivity contribution in [3.05, 3.63) is 28.8 Å². The zero-order valence-electron chi connectivity index (χ0n) is 15.9. The molecule has 136 valence electrons. The van der Waals surface area contributed by atoms with Crippen molar-refractivity contribution in [2.24, 2.45) is 17.3 Å². The van der Waals surface area contributed by atoms with Crippen LogP contribution in [-0.4, -0.2) is 16.8 Å². The van der Waals surface area contributed by atoms with E-state index in [4.69, 9.17) is 12.2 Å². The molecule has 1 aromatic rings. The first kappa shape index (κ1) is 19.6. The molecule has 0 aliphatic heterocycles. The van der Waals surface area contributed by atoms with Crippen molar-refractivity contribution < 1.29 is 9.59 Å². The third kappa shape index (κ3) is 4.27. The summed E-state index contributed by atoms with van der Waals surface area (Å²) < 4.78 is 0. The molecule has 0 aromatic heterocycles. The maximum absolute atomic E-state index is 12.3. The van der Waals surface area contributed by atoms with Gasteiger partial charge in [-0.05, 0) is 68.8 Å². The Bertz CT molecular complexity index is 701. The van der Waals surface area contributed by atoms with E-state index in [1.165, 1.54) is 5.56 Å². The number of benzene rings is 1. The summed E-state index contributed by atoms with van der Waals surface area (Å²) in [6, 6.07) is 4.16. The molecule has 1 saturated carbocycles. The summed E-state index contributed by atoms with van der Waals surface area (Å²) in [6.07, 6.45) is 1.18. The average Bonchev–Trinajstić information content (AvgIpc) is 2.46. The van der Waals surface area contributed by atoms with Crippen LogP contribution in [0.1, 0.15) is 50.3 Å². The Balaban J connectivity index is 1.92. The van der Waals surface area contributed by atoms with Crippen LogP contribution >= 0.6 is 12.2 Å². The van der Waals surface area contributed by atoms with Crippen LogP contribution in [0.4, 0.5) is 5.69 Å². The fourth-order valence-corrected chi connectivity index (χ4v) is 4.19. The zero-order valence-corrected chi connectivity index (χ0v) is 16.8. The van der Waals surface area contributed by atoms with E-state index in [9.17, 15) is 9.59 Å². The van der Waals surface area contributed by atoms with Crippen LogP contribution in [0, 0.1) is 38.0 Å². The summed E-state index contributed by atoms with van der Waals surface area (Å²) >= 11 is 5.30. The van der Waals surface area contributed by atoms with Gasteiger partial charge in [-0.3, -0.25) is 9.59 Å². The van der Waals surface area contributed by atoms with Gasteiger partial charge in [0, 0.05) is 18.0 Å². The number of anilines is 1. The molecule has 4 nitrogen and oxygen atoms in total. The minimum Gasteiger partial charge on any atom is -0.332 e. The Kier molecular flexibility index (Phi) is 5.67.